The van der Waals surface area contributed by atoms with E-state index in [4.69, 9.17) is 0 Å². The molecule has 0 saturated heterocycles. The summed E-state index contributed by atoms with van der Waals surface area (Å²) in [5.74, 6) is 0.0668. The number of hydrogen-bond donors (Lipinski definition) is 3. The Morgan fingerprint density at radius 2 is 2.26 bits per heavy atom. The molecule has 1 aromatic carbocycles. The van der Waals surface area contributed by atoms with Gasteiger partial charge in [-0.1, -0.05) is 24.3 Å². The lowest BCUT2D eigenvalue weighted by molar-refractivity contribution is -0.122. The summed E-state index contributed by atoms with van der Waals surface area (Å²) >= 11 is 0. The summed E-state index contributed by atoms with van der Waals surface area (Å²) < 4.78 is 0. The lowest BCUT2D eigenvalue weighted by Crippen LogP contribution is -2.43. The average molecular weight is 261 g/mol. The minimum atomic E-state index is -0.170. The van der Waals surface area contributed by atoms with Crippen molar-refractivity contribution in [3.63, 3.8) is 0 Å². The van der Waals surface area contributed by atoms with Crippen LogP contribution in [0.1, 0.15) is 37.4 Å². The molecule has 0 bridgehead atoms. The molecule has 2 unspecified atom stereocenters. The zero-order valence-corrected chi connectivity index (χ0v) is 11.7. The molecule has 1 heterocycles. The van der Waals surface area contributed by atoms with Gasteiger partial charge in [-0.3, -0.25) is 10.1 Å². The Morgan fingerprint density at radius 3 is 3.05 bits per heavy atom. The summed E-state index contributed by atoms with van der Waals surface area (Å²) in [5.41, 5.74) is 2.63. The van der Waals surface area contributed by atoms with Crippen LogP contribution in [0.2, 0.25) is 0 Å². The lowest BCUT2D eigenvalue weighted by atomic mass is 9.98. The van der Waals surface area contributed by atoms with Gasteiger partial charge in [0.25, 0.3) is 0 Å². The molecule has 1 aliphatic rings. The molecule has 0 saturated carbocycles. The number of carbonyl (C=O) groups is 1. The SMILES string of the molecule is CCNC(=O)C(C)NC1CCNCc2ccccc21. The van der Waals surface area contributed by atoms with Crippen molar-refractivity contribution >= 4 is 5.91 Å². The number of likely N-dealkylation sites (N-methyl/N-ethyl adjacent to an activating group) is 1. The molecule has 0 spiro atoms. The summed E-state index contributed by atoms with van der Waals surface area (Å²) in [6, 6.07) is 8.51. The van der Waals surface area contributed by atoms with Crippen LogP contribution in [-0.4, -0.2) is 25.0 Å². The summed E-state index contributed by atoms with van der Waals surface area (Å²) in [5, 5.41) is 9.73. The Hall–Kier alpha value is -1.39. The van der Waals surface area contributed by atoms with Crippen LogP contribution in [-0.2, 0) is 11.3 Å². The van der Waals surface area contributed by atoms with E-state index in [1.807, 2.05) is 13.8 Å². The fourth-order valence-electron chi connectivity index (χ4n) is 2.54. The predicted molar refractivity (Wildman–Crippen MR) is 76.8 cm³/mol. The van der Waals surface area contributed by atoms with Gasteiger partial charge in [0.15, 0.2) is 0 Å². The zero-order valence-electron chi connectivity index (χ0n) is 11.7. The zero-order chi connectivity index (χ0) is 13.7. The van der Waals surface area contributed by atoms with Gasteiger partial charge in [0.2, 0.25) is 5.91 Å². The molecular weight excluding hydrogens is 238 g/mol. The van der Waals surface area contributed by atoms with E-state index in [1.54, 1.807) is 0 Å². The Kier molecular flexibility index (Phi) is 4.93. The number of benzene rings is 1. The van der Waals surface area contributed by atoms with Gasteiger partial charge in [-0.25, -0.2) is 0 Å². The topological polar surface area (TPSA) is 53.2 Å². The fourth-order valence-corrected chi connectivity index (χ4v) is 2.54. The maximum Gasteiger partial charge on any atom is 0.236 e. The minimum Gasteiger partial charge on any atom is -0.355 e. The van der Waals surface area contributed by atoms with Gasteiger partial charge in [-0.15, -0.1) is 0 Å². The highest BCUT2D eigenvalue weighted by Gasteiger charge is 2.22. The van der Waals surface area contributed by atoms with Crippen LogP contribution in [0.3, 0.4) is 0 Å². The molecule has 1 amide bonds. The molecule has 0 aliphatic carbocycles. The number of rotatable bonds is 4. The van der Waals surface area contributed by atoms with Gasteiger partial charge in [0.05, 0.1) is 6.04 Å². The van der Waals surface area contributed by atoms with Crippen molar-refractivity contribution in [2.45, 2.75) is 38.9 Å². The normalized spacial score (nSPS) is 20.2. The van der Waals surface area contributed by atoms with Crippen LogP contribution >= 0.6 is 0 Å². The molecule has 4 heteroatoms. The van der Waals surface area contributed by atoms with Gasteiger partial charge >= 0.3 is 0 Å². The molecule has 2 rings (SSSR count). The van der Waals surface area contributed by atoms with Crippen LogP contribution in [0.15, 0.2) is 24.3 Å². The number of amides is 1. The molecule has 3 N–H and O–H groups in total. The van der Waals surface area contributed by atoms with Crippen LogP contribution in [0.4, 0.5) is 0 Å². The lowest BCUT2D eigenvalue weighted by Gasteiger charge is -2.23. The third-order valence-electron chi connectivity index (χ3n) is 3.55. The second-order valence-corrected chi connectivity index (χ2v) is 5.00. The maximum absolute atomic E-state index is 11.8. The second-order valence-electron chi connectivity index (χ2n) is 5.00. The molecule has 1 aliphatic heterocycles. The highest BCUT2D eigenvalue weighted by molar-refractivity contribution is 5.81. The monoisotopic (exact) mass is 261 g/mol. The first kappa shape index (κ1) is 14.0. The van der Waals surface area contributed by atoms with Gasteiger partial charge in [-0.05, 0) is 37.9 Å². The van der Waals surface area contributed by atoms with Gasteiger partial charge in [0, 0.05) is 19.1 Å². The molecule has 2 atom stereocenters. The van der Waals surface area contributed by atoms with Crippen LogP contribution in [0.5, 0.6) is 0 Å². The van der Waals surface area contributed by atoms with E-state index >= 15 is 0 Å². The Bertz CT molecular complexity index is 433. The fraction of sp³-hybridized carbons (Fsp3) is 0.533. The van der Waals surface area contributed by atoms with E-state index in [-0.39, 0.29) is 18.0 Å². The first-order valence-corrected chi connectivity index (χ1v) is 7.04. The highest BCUT2D eigenvalue weighted by atomic mass is 16.2. The number of hydrogen-bond acceptors (Lipinski definition) is 3. The number of nitrogens with one attached hydrogen (secondary N) is 3. The average Bonchev–Trinajstić information content (AvgIpc) is 2.62. The summed E-state index contributed by atoms with van der Waals surface area (Å²) in [6.45, 7) is 6.41. The van der Waals surface area contributed by atoms with E-state index in [1.165, 1.54) is 11.1 Å². The van der Waals surface area contributed by atoms with Crippen molar-refractivity contribution in [1.82, 2.24) is 16.0 Å². The molecule has 4 nitrogen and oxygen atoms in total. The standard InChI is InChI=1S/C15H23N3O/c1-3-17-15(19)11(2)18-14-8-9-16-10-12-6-4-5-7-13(12)14/h4-7,11,14,16,18H,3,8-10H2,1-2H3,(H,17,19). The van der Waals surface area contributed by atoms with E-state index in [0.717, 1.165) is 19.5 Å². The van der Waals surface area contributed by atoms with E-state index in [2.05, 4.69) is 40.2 Å². The van der Waals surface area contributed by atoms with Crippen molar-refractivity contribution in [2.24, 2.45) is 0 Å². The molecule has 0 radical (unpaired) electrons. The third-order valence-corrected chi connectivity index (χ3v) is 3.55. The molecular formula is C15H23N3O. The van der Waals surface area contributed by atoms with Gasteiger partial charge in [-0.2, -0.15) is 0 Å². The summed E-state index contributed by atoms with van der Waals surface area (Å²) in [4.78, 5) is 11.8. The molecule has 19 heavy (non-hydrogen) atoms. The van der Waals surface area contributed by atoms with Crippen molar-refractivity contribution in [3.05, 3.63) is 35.4 Å². The first-order valence-electron chi connectivity index (χ1n) is 7.04. The Balaban J connectivity index is 2.09. The smallest absolute Gasteiger partial charge is 0.236 e. The number of fused-ring (bicyclic) bond motifs is 1. The van der Waals surface area contributed by atoms with Crippen molar-refractivity contribution in [2.75, 3.05) is 13.1 Å². The Labute approximate surface area is 115 Å². The Morgan fingerprint density at radius 1 is 1.47 bits per heavy atom. The first-order chi connectivity index (χ1) is 9.22. The van der Waals surface area contributed by atoms with Crippen molar-refractivity contribution in [1.29, 1.82) is 0 Å². The largest absolute Gasteiger partial charge is 0.355 e. The second kappa shape index (κ2) is 6.68. The van der Waals surface area contributed by atoms with E-state index in [9.17, 15) is 4.79 Å². The van der Waals surface area contributed by atoms with E-state index in [0.29, 0.717) is 6.54 Å². The highest BCUT2D eigenvalue weighted by Crippen LogP contribution is 2.23. The molecule has 1 aromatic rings. The molecule has 0 aromatic heterocycles. The number of carbonyl (C=O) groups excluding carboxylic acids is 1. The minimum absolute atomic E-state index is 0.0668. The predicted octanol–water partition coefficient (Wildman–Crippen LogP) is 1.34. The quantitative estimate of drug-likeness (QED) is 0.766. The molecule has 104 valence electrons. The van der Waals surface area contributed by atoms with E-state index < -0.39 is 0 Å². The maximum atomic E-state index is 11.8. The summed E-state index contributed by atoms with van der Waals surface area (Å²) in [6.07, 6.45) is 1.00. The van der Waals surface area contributed by atoms with Crippen LogP contribution in [0.25, 0.3) is 0 Å². The van der Waals surface area contributed by atoms with Crippen LogP contribution < -0.4 is 16.0 Å². The van der Waals surface area contributed by atoms with Crippen LogP contribution in [0, 0.1) is 0 Å². The molecule has 0 fully saturated rings. The van der Waals surface area contributed by atoms with Gasteiger partial charge < -0.3 is 10.6 Å². The van der Waals surface area contributed by atoms with Crippen molar-refractivity contribution < 1.29 is 4.79 Å². The van der Waals surface area contributed by atoms with Crippen molar-refractivity contribution in [3.8, 4) is 0 Å². The summed E-state index contributed by atoms with van der Waals surface area (Å²) in [7, 11) is 0. The third kappa shape index (κ3) is 3.55. The van der Waals surface area contributed by atoms with Gasteiger partial charge in [0.1, 0.15) is 0 Å².